The minimum absolute atomic E-state index is 0.0700. The smallest absolute Gasteiger partial charge is 0.410 e. The first kappa shape index (κ1) is 26.6. The summed E-state index contributed by atoms with van der Waals surface area (Å²) in [7, 11) is 3.93. The van der Waals surface area contributed by atoms with Crippen LogP contribution in [0.25, 0.3) is 0 Å². The number of nitrogens with zero attached hydrogens (tertiary/aromatic N) is 5. The minimum Gasteiger partial charge on any atom is -0.488 e. The number of benzene rings is 1. The lowest BCUT2D eigenvalue weighted by Crippen LogP contribution is -2.36. The van der Waals surface area contributed by atoms with Crippen molar-refractivity contribution >= 4 is 35.6 Å². The Bertz CT molecular complexity index is 1030. The number of aromatic nitrogens is 2. The van der Waals surface area contributed by atoms with E-state index in [0.717, 1.165) is 24.1 Å². The second-order valence-corrected chi connectivity index (χ2v) is 10.3. The normalized spacial score (nSPS) is 15.6. The van der Waals surface area contributed by atoms with E-state index >= 15 is 0 Å². The van der Waals surface area contributed by atoms with Crippen LogP contribution < -0.4 is 14.5 Å². The average Bonchev–Trinajstić information content (AvgIpc) is 3.29. The maximum Gasteiger partial charge on any atom is 0.410 e. The molecule has 2 aromatic rings. The molecular weight excluding hydrogens is 466 g/mol. The van der Waals surface area contributed by atoms with E-state index in [-0.39, 0.29) is 12.2 Å². The molecule has 0 spiro atoms. The van der Waals surface area contributed by atoms with Crippen LogP contribution in [-0.4, -0.2) is 85.5 Å². The summed E-state index contributed by atoms with van der Waals surface area (Å²) in [5.41, 5.74) is 0.976. The van der Waals surface area contributed by atoms with Crippen LogP contribution in [0.5, 0.6) is 5.75 Å². The SMILES string of the molecule is CSc1ncc(C=O)c(N(C)CCN(C)c2cccc(OC3CCN(C(=O)OC(C)(C)C)C3)c2)n1. The molecule has 1 aromatic heterocycles. The molecule has 1 aliphatic heterocycles. The van der Waals surface area contributed by atoms with Crippen LogP contribution in [0.1, 0.15) is 37.6 Å². The number of hydrogen-bond acceptors (Lipinski definition) is 9. The van der Waals surface area contributed by atoms with E-state index in [4.69, 9.17) is 9.47 Å². The van der Waals surface area contributed by atoms with Crippen molar-refractivity contribution < 1.29 is 19.1 Å². The van der Waals surface area contributed by atoms with Gasteiger partial charge in [0, 0.05) is 58.1 Å². The van der Waals surface area contributed by atoms with Gasteiger partial charge in [-0.25, -0.2) is 14.8 Å². The summed E-state index contributed by atoms with van der Waals surface area (Å²) in [6.07, 6.45) is 4.65. The van der Waals surface area contributed by atoms with Gasteiger partial charge < -0.3 is 24.2 Å². The van der Waals surface area contributed by atoms with E-state index in [1.807, 2.05) is 70.3 Å². The molecule has 1 aromatic carbocycles. The largest absolute Gasteiger partial charge is 0.488 e. The van der Waals surface area contributed by atoms with Gasteiger partial charge in [0.2, 0.25) is 0 Å². The molecular formula is C25H35N5O4S. The predicted molar refractivity (Wildman–Crippen MR) is 139 cm³/mol. The second-order valence-electron chi connectivity index (χ2n) is 9.55. The van der Waals surface area contributed by atoms with Gasteiger partial charge in [0.15, 0.2) is 11.4 Å². The Hall–Kier alpha value is -3.01. The molecule has 1 fully saturated rings. The first-order valence-electron chi connectivity index (χ1n) is 11.6. The van der Waals surface area contributed by atoms with Crippen LogP contribution in [0.15, 0.2) is 35.6 Å². The van der Waals surface area contributed by atoms with Crippen molar-refractivity contribution in [2.75, 3.05) is 56.3 Å². The van der Waals surface area contributed by atoms with E-state index in [1.165, 1.54) is 11.8 Å². The van der Waals surface area contributed by atoms with Gasteiger partial charge in [0.05, 0.1) is 12.1 Å². The summed E-state index contributed by atoms with van der Waals surface area (Å²) in [5, 5.41) is 0.632. The Morgan fingerprint density at radius 1 is 1.26 bits per heavy atom. The number of amides is 1. The Balaban J connectivity index is 1.56. The molecule has 3 rings (SSSR count). The zero-order valence-corrected chi connectivity index (χ0v) is 22.2. The van der Waals surface area contributed by atoms with Gasteiger partial charge in [-0.1, -0.05) is 17.8 Å². The van der Waals surface area contributed by atoms with Crippen molar-refractivity contribution in [1.82, 2.24) is 14.9 Å². The predicted octanol–water partition coefficient (Wildman–Crippen LogP) is 3.97. The number of rotatable bonds is 9. The maximum absolute atomic E-state index is 12.3. The highest BCUT2D eigenvalue weighted by Gasteiger charge is 2.31. The van der Waals surface area contributed by atoms with Crippen molar-refractivity contribution in [2.45, 2.75) is 44.1 Å². The van der Waals surface area contributed by atoms with E-state index < -0.39 is 5.60 Å². The molecule has 1 amide bonds. The Labute approximate surface area is 211 Å². The molecule has 1 unspecified atom stereocenters. The minimum atomic E-state index is -0.511. The highest BCUT2D eigenvalue weighted by atomic mass is 32.2. The van der Waals surface area contributed by atoms with Crippen LogP contribution in [0.3, 0.4) is 0 Å². The lowest BCUT2D eigenvalue weighted by atomic mass is 10.2. The van der Waals surface area contributed by atoms with Gasteiger partial charge in [-0.2, -0.15) is 0 Å². The molecule has 35 heavy (non-hydrogen) atoms. The summed E-state index contributed by atoms with van der Waals surface area (Å²) >= 11 is 1.44. The number of hydrogen-bond donors (Lipinski definition) is 0. The summed E-state index contributed by atoms with van der Waals surface area (Å²) in [6, 6.07) is 7.93. The number of carbonyl (C=O) groups excluding carboxylic acids is 2. The number of carbonyl (C=O) groups is 2. The fraction of sp³-hybridized carbons (Fsp3) is 0.520. The summed E-state index contributed by atoms with van der Waals surface area (Å²) in [4.78, 5) is 38.2. The van der Waals surface area contributed by atoms with Gasteiger partial charge in [-0.15, -0.1) is 0 Å². The van der Waals surface area contributed by atoms with Crippen LogP contribution in [0.2, 0.25) is 0 Å². The number of thioether (sulfide) groups is 1. The van der Waals surface area contributed by atoms with E-state index in [2.05, 4.69) is 14.9 Å². The molecule has 1 atom stereocenters. The number of likely N-dealkylation sites (tertiary alicyclic amines) is 1. The highest BCUT2D eigenvalue weighted by molar-refractivity contribution is 7.98. The lowest BCUT2D eigenvalue weighted by Gasteiger charge is -2.26. The molecule has 9 nitrogen and oxygen atoms in total. The van der Waals surface area contributed by atoms with Gasteiger partial charge >= 0.3 is 6.09 Å². The van der Waals surface area contributed by atoms with Gasteiger partial charge in [0.1, 0.15) is 23.3 Å². The molecule has 0 saturated carbocycles. The number of ether oxygens (including phenoxy) is 2. The highest BCUT2D eigenvalue weighted by Crippen LogP contribution is 2.25. The molecule has 1 aliphatic rings. The average molecular weight is 502 g/mol. The fourth-order valence-corrected chi connectivity index (χ4v) is 4.03. The van der Waals surface area contributed by atoms with Crippen LogP contribution in [0, 0.1) is 0 Å². The third-order valence-electron chi connectivity index (χ3n) is 5.57. The molecule has 0 aliphatic carbocycles. The third kappa shape index (κ3) is 7.48. The number of likely N-dealkylation sites (N-methyl/N-ethyl adjacent to an activating group) is 2. The molecule has 0 N–H and O–H groups in total. The quantitative estimate of drug-likeness (QED) is 0.288. The Kier molecular flexibility index (Phi) is 8.82. The van der Waals surface area contributed by atoms with Crippen LogP contribution in [-0.2, 0) is 4.74 Å². The summed E-state index contributed by atoms with van der Waals surface area (Å²) in [6.45, 7) is 8.11. The Morgan fingerprint density at radius 2 is 2.00 bits per heavy atom. The van der Waals surface area contributed by atoms with Crippen LogP contribution in [0.4, 0.5) is 16.3 Å². The Morgan fingerprint density at radius 3 is 2.69 bits per heavy atom. The molecule has 190 valence electrons. The van der Waals surface area contributed by atoms with Crippen molar-refractivity contribution in [1.29, 1.82) is 0 Å². The van der Waals surface area contributed by atoms with Crippen molar-refractivity contribution in [3.63, 3.8) is 0 Å². The standard InChI is InChI=1S/C25H35N5O4S/c1-25(2,3)34-24(32)30-11-10-21(16-30)33-20-9-7-8-19(14-20)28(4)12-13-29(5)22-18(17-31)15-26-23(27-22)35-6/h7-9,14-15,17,21H,10-13,16H2,1-6H3. The van der Waals surface area contributed by atoms with Gasteiger partial charge in [0.25, 0.3) is 0 Å². The molecule has 0 radical (unpaired) electrons. The van der Waals surface area contributed by atoms with E-state index in [9.17, 15) is 9.59 Å². The third-order valence-corrected chi connectivity index (χ3v) is 6.14. The van der Waals surface area contributed by atoms with E-state index in [1.54, 1.807) is 11.1 Å². The lowest BCUT2D eigenvalue weighted by molar-refractivity contribution is 0.0275. The number of anilines is 2. The van der Waals surface area contributed by atoms with Crippen molar-refractivity contribution in [3.05, 3.63) is 36.0 Å². The van der Waals surface area contributed by atoms with Crippen LogP contribution >= 0.6 is 11.8 Å². The summed E-state index contributed by atoms with van der Waals surface area (Å²) in [5.74, 6) is 1.39. The van der Waals surface area contributed by atoms with Crippen molar-refractivity contribution in [2.24, 2.45) is 0 Å². The maximum atomic E-state index is 12.3. The molecule has 10 heteroatoms. The van der Waals surface area contributed by atoms with Crippen molar-refractivity contribution in [3.8, 4) is 5.75 Å². The first-order chi connectivity index (χ1) is 16.6. The fourth-order valence-electron chi connectivity index (χ4n) is 3.69. The first-order valence-corrected chi connectivity index (χ1v) is 12.8. The monoisotopic (exact) mass is 501 g/mol. The second kappa shape index (κ2) is 11.6. The zero-order chi connectivity index (χ0) is 25.6. The number of aldehydes is 1. The zero-order valence-electron chi connectivity index (χ0n) is 21.4. The molecule has 2 heterocycles. The molecule has 1 saturated heterocycles. The summed E-state index contributed by atoms with van der Waals surface area (Å²) < 4.78 is 11.7. The molecule has 0 bridgehead atoms. The topological polar surface area (TPSA) is 88.1 Å². The van der Waals surface area contributed by atoms with E-state index in [0.29, 0.717) is 42.7 Å². The van der Waals surface area contributed by atoms with Gasteiger partial charge in [-0.05, 0) is 39.2 Å². The van der Waals surface area contributed by atoms with Gasteiger partial charge in [-0.3, -0.25) is 4.79 Å².